The van der Waals surface area contributed by atoms with Crippen LogP contribution in [0, 0.1) is 5.92 Å². The molecule has 7 aromatic carbocycles. The Labute approximate surface area is 455 Å². The Balaban J connectivity index is 1.25. The summed E-state index contributed by atoms with van der Waals surface area (Å²) in [5.41, 5.74) is 25.1. The van der Waals surface area contributed by atoms with Crippen molar-refractivity contribution in [1.29, 1.82) is 0 Å². The van der Waals surface area contributed by atoms with Crippen LogP contribution in [-0.2, 0) is 21.7 Å². The summed E-state index contributed by atoms with van der Waals surface area (Å²) < 4.78 is 2.70. The van der Waals surface area contributed by atoms with E-state index in [0.29, 0.717) is 0 Å². The van der Waals surface area contributed by atoms with E-state index < -0.39 is 0 Å². The quantitative estimate of drug-likeness (QED) is 0.100. The number of para-hydroxylation sites is 1. The van der Waals surface area contributed by atoms with Crippen molar-refractivity contribution in [2.45, 2.75) is 132 Å². The topological polar surface area (TPSA) is 14.7 Å². The van der Waals surface area contributed by atoms with Crippen molar-refractivity contribution >= 4 is 73.8 Å². The highest BCUT2D eigenvalue weighted by molar-refractivity contribution is 7.00. The molecule has 8 aromatic rings. The van der Waals surface area contributed by atoms with Gasteiger partial charge in [0.25, 0.3) is 6.71 Å². The van der Waals surface area contributed by atoms with E-state index in [0.717, 1.165) is 28.4 Å². The van der Waals surface area contributed by atoms with Gasteiger partial charge >= 0.3 is 0 Å². The summed E-state index contributed by atoms with van der Waals surface area (Å²) in [6.07, 6.45) is 8.64. The maximum atomic E-state index is 4.18. The van der Waals surface area contributed by atoms with Crippen LogP contribution in [0.3, 0.4) is 0 Å². The first kappa shape index (κ1) is 50.9. The Morgan fingerprint density at radius 2 is 1.13 bits per heavy atom. The van der Waals surface area contributed by atoms with Gasteiger partial charge < -0.3 is 19.3 Å². The summed E-state index contributed by atoms with van der Waals surface area (Å²) in [6, 6.07) is 56.5. The lowest BCUT2D eigenvalue weighted by atomic mass is 9.33. The van der Waals surface area contributed by atoms with E-state index >= 15 is 0 Å². The average molecular weight is 997 g/mol. The first-order chi connectivity index (χ1) is 36.0. The zero-order chi connectivity index (χ0) is 54.0. The third-order valence-electron chi connectivity index (χ3n) is 16.9. The number of rotatable bonds is 10. The van der Waals surface area contributed by atoms with E-state index in [1.54, 1.807) is 0 Å². The average Bonchev–Trinajstić information content (AvgIpc) is 3.95. The number of hydrogen-bond acceptors (Lipinski definition) is 3. The molecule has 1 atom stereocenters. The van der Waals surface area contributed by atoms with Gasteiger partial charge in [0, 0.05) is 79.1 Å². The summed E-state index contributed by atoms with van der Waals surface area (Å²) >= 11 is 0. The number of allylic oxidation sites excluding steroid dienone is 4. The number of benzene rings is 7. The molecule has 1 unspecified atom stereocenters. The van der Waals surface area contributed by atoms with Crippen molar-refractivity contribution in [1.82, 2.24) is 4.57 Å². The monoisotopic (exact) mass is 997 g/mol. The largest absolute Gasteiger partial charge is 0.335 e. The number of fused-ring (bicyclic) bond motifs is 9. The van der Waals surface area contributed by atoms with Crippen molar-refractivity contribution < 1.29 is 0 Å². The maximum absolute atomic E-state index is 4.18. The van der Waals surface area contributed by atoms with Crippen LogP contribution in [0.1, 0.15) is 132 Å². The fraction of sp³-hybridized carbons (Fsp3) is 0.296. The molecule has 76 heavy (non-hydrogen) atoms. The molecule has 1 aromatic heterocycles. The number of aromatic nitrogens is 1. The van der Waals surface area contributed by atoms with Crippen LogP contribution in [0.5, 0.6) is 0 Å². The Morgan fingerprint density at radius 3 is 1.68 bits per heavy atom. The van der Waals surface area contributed by atoms with Gasteiger partial charge in [0.05, 0.1) is 5.69 Å². The van der Waals surface area contributed by atoms with Gasteiger partial charge in [-0.2, -0.15) is 0 Å². The molecule has 2 aliphatic heterocycles. The molecule has 4 nitrogen and oxygen atoms in total. The van der Waals surface area contributed by atoms with Gasteiger partial charge in [-0.05, 0) is 141 Å². The van der Waals surface area contributed by atoms with Crippen LogP contribution in [0.4, 0.5) is 39.8 Å². The standard InChI is InChI=1S/C71H77BN4/c1-17-19-23-46(5)73-61-42-53(75(60(18-2)45(3)4)52-38-32-49(33-39-52)70(12,13)14)40-41-58(61)72-59-27-22-25-56-64-55-24-20-21-26-57(55)71(15,16)67(64)76(66(56)59)63-44-54(43-62(73)65(63)72)74(50-34-28-47(29-35-50)68(6,7)8)51-36-30-48(31-37-51)69(9,10)11/h17-46H,1H2,2-16H3/b23-19-,60-18-. The van der Waals surface area contributed by atoms with E-state index in [2.05, 4.69) is 294 Å². The summed E-state index contributed by atoms with van der Waals surface area (Å²) in [5.74, 6) is 0.278. The summed E-state index contributed by atoms with van der Waals surface area (Å²) in [6.45, 7) is 38.8. The van der Waals surface area contributed by atoms with Crippen molar-refractivity contribution in [3.63, 3.8) is 0 Å². The normalized spacial score (nSPS) is 15.0. The molecule has 384 valence electrons. The maximum Gasteiger partial charge on any atom is 0.252 e. The molecule has 0 saturated heterocycles. The molecule has 0 saturated carbocycles. The van der Waals surface area contributed by atoms with E-state index in [1.807, 2.05) is 6.08 Å². The summed E-state index contributed by atoms with van der Waals surface area (Å²) in [5, 5.41) is 1.32. The van der Waals surface area contributed by atoms with Crippen LogP contribution in [0.25, 0.3) is 27.7 Å². The smallest absolute Gasteiger partial charge is 0.252 e. The molecule has 5 heteroatoms. The van der Waals surface area contributed by atoms with Crippen LogP contribution >= 0.6 is 0 Å². The van der Waals surface area contributed by atoms with Crippen molar-refractivity contribution in [2.75, 3.05) is 14.7 Å². The Morgan fingerprint density at radius 1 is 0.592 bits per heavy atom. The molecule has 3 aliphatic rings. The molecule has 11 rings (SSSR count). The molecule has 0 radical (unpaired) electrons. The highest BCUT2D eigenvalue weighted by Crippen LogP contribution is 2.55. The number of nitrogens with zero attached hydrogens (tertiary/aromatic N) is 4. The fourth-order valence-corrected chi connectivity index (χ4v) is 12.9. The SMILES string of the molecule is C=C/C=C\C(C)N1c2cc(N(/C(=C\C)C(C)C)c3ccc(C(C)(C)C)cc3)ccc2B2c3c1cc(N(c1ccc(C(C)(C)C)cc1)c1ccc(C(C)(C)C)cc1)cc3-n1c3c(c4cccc2c41)-c1ccccc1C3(C)C. The van der Waals surface area contributed by atoms with Gasteiger partial charge in [-0.3, -0.25) is 0 Å². The highest BCUT2D eigenvalue weighted by atomic mass is 15.2. The van der Waals surface area contributed by atoms with Crippen LogP contribution in [0.2, 0.25) is 0 Å². The van der Waals surface area contributed by atoms with Gasteiger partial charge in [0.2, 0.25) is 0 Å². The van der Waals surface area contributed by atoms with Crippen molar-refractivity contribution in [3.8, 4) is 16.8 Å². The first-order valence-electron chi connectivity index (χ1n) is 27.8. The fourth-order valence-electron chi connectivity index (χ4n) is 12.9. The Hall–Kier alpha value is -7.24. The minimum absolute atomic E-state index is 0.0107. The zero-order valence-corrected chi connectivity index (χ0v) is 47.9. The molecule has 0 amide bonds. The zero-order valence-electron chi connectivity index (χ0n) is 47.9. The molecule has 0 N–H and O–H groups in total. The van der Waals surface area contributed by atoms with Gasteiger partial charge in [-0.15, -0.1) is 0 Å². The van der Waals surface area contributed by atoms with E-state index in [-0.39, 0.29) is 40.3 Å². The second-order valence-corrected chi connectivity index (χ2v) is 25.7. The third-order valence-corrected chi connectivity index (χ3v) is 16.9. The molecule has 3 heterocycles. The second kappa shape index (κ2) is 18.2. The van der Waals surface area contributed by atoms with Gasteiger partial charge in [0.1, 0.15) is 0 Å². The molecule has 1 aliphatic carbocycles. The summed E-state index contributed by atoms with van der Waals surface area (Å²) in [7, 11) is 0. The Bertz CT molecular complexity index is 3580. The van der Waals surface area contributed by atoms with E-state index in [9.17, 15) is 0 Å². The predicted molar refractivity (Wildman–Crippen MR) is 331 cm³/mol. The molecular weight excluding hydrogens is 920 g/mol. The predicted octanol–water partition coefficient (Wildman–Crippen LogP) is 17.4. The highest BCUT2D eigenvalue weighted by Gasteiger charge is 2.48. The second-order valence-electron chi connectivity index (χ2n) is 25.7. The first-order valence-corrected chi connectivity index (χ1v) is 27.8. The minimum Gasteiger partial charge on any atom is -0.335 e. The van der Waals surface area contributed by atoms with E-state index in [4.69, 9.17) is 0 Å². The molecule has 0 bridgehead atoms. The number of anilines is 7. The van der Waals surface area contributed by atoms with Gasteiger partial charge in [-0.1, -0.05) is 206 Å². The van der Waals surface area contributed by atoms with Gasteiger partial charge in [0.15, 0.2) is 0 Å². The summed E-state index contributed by atoms with van der Waals surface area (Å²) in [4.78, 5) is 7.64. The Kier molecular flexibility index (Phi) is 12.2. The number of hydrogen-bond donors (Lipinski definition) is 0. The minimum atomic E-state index is -0.264. The lowest BCUT2D eigenvalue weighted by Gasteiger charge is -2.44. The van der Waals surface area contributed by atoms with E-state index in [1.165, 1.54) is 89.1 Å². The molecule has 0 spiro atoms. The third kappa shape index (κ3) is 8.10. The molecular formula is C71H77BN4. The van der Waals surface area contributed by atoms with Crippen LogP contribution < -0.4 is 31.1 Å². The lowest BCUT2D eigenvalue weighted by Crippen LogP contribution is -2.62. The lowest BCUT2D eigenvalue weighted by molar-refractivity contribution is 0.590. The van der Waals surface area contributed by atoms with Gasteiger partial charge in [-0.25, -0.2) is 0 Å². The van der Waals surface area contributed by atoms with Crippen LogP contribution in [-0.4, -0.2) is 17.3 Å². The van der Waals surface area contributed by atoms with Crippen molar-refractivity contribution in [3.05, 3.63) is 210 Å². The van der Waals surface area contributed by atoms with Crippen molar-refractivity contribution in [2.24, 2.45) is 5.92 Å². The van der Waals surface area contributed by atoms with Crippen LogP contribution in [0.15, 0.2) is 182 Å². The molecule has 0 fully saturated rings.